The van der Waals surface area contributed by atoms with E-state index in [-0.39, 0.29) is 12.4 Å². The lowest BCUT2D eigenvalue weighted by Gasteiger charge is -2.06. The van der Waals surface area contributed by atoms with Gasteiger partial charge in [0.2, 0.25) is 0 Å². The van der Waals surface area contributed by atoms with Gasteiger partial charge in [0, 0.05) is 25.5 Å². The second-order valence-corrected chi connectivity index (χ2v) is 6.36. The van der Waals surface area contributed by atoms with Crippen LogP contribution in [0.1, 0.15) is 84.5 Å². The van der Waals surface area contributed by atoms with E-state index in [0.29, 0.717) is 0 Å². The molecule has 0 aromatic carbocycles. The minimum absolute atomic E-state index is 0. The molecule has 0 aliphatic rings. The highest BCUT2D eigenvalue weighted by Crippen LogP contribution is 2.07. The predicted octanol–water partition coefficient (Wildman–Crippen LogP) is 6.14. The van der Waals surface area contributed by atoms with Gasteiger partial charge in [-0.25, -0.2) is 0 Å². The Morgan fingerprint density at radius 1 is 0.739 bits per heavy atom. The standard InChI is InChI=1S/C20H36N2.ClH/c1-3-5-7-9-10-11-13-17-22-18-14-20(15-19-22)21-16-12-8-6-4-2;/h14-15,18-19H,3-13,16-17H2,1-2H3;1H. The van der Waals surface area contributed by atoms with E-state index >= 15 is 0 Å². The minimum Gasteiger partial charge on any atom is -0.354 e. The van der Waals surface area contributed by atoms with Crippen LogP contribution < -0.4 is 5.36 Å². The molecule has 2 nitrogen and oxygen atoms in total. The van der Waals surface area contributed by atoms with Gasteiger partial charge in [-0.15, -0.1) is 12.4 Å². The zero-order valence-corrected chi connectivity index (χ0v) is 16.1. The van der Waals surface area contributed by atoms with Crippen molar-refractivity contribution < 1.29 is 0 Å². The van der Waals surface area contributed by atoms with Gasteiger partial charge in [0.15, 0.2) is 0 Å². The first kappa shape index (κ1) is 22.2. The summed E-state index contributed by atoms with van der Waals surface area (Å²) in [6.07, 6.45) is 19.1. The summed E-state index contributed by atoms with van der Waals surface area (Å²) < 4.78 is 2.29. The smallest absolute Gasteiger partial charge is 0.0603 e. The summed E-state index contributed by atoms with van der Waals surface area (Å²) in [5.41, 5.74) is 0. The summed E-state index contributed by atoms with van der Waals surface area (Å²) in [5, 5.41) is 1.13. The Kier molecular flexibility index (Phi) is 15.6. The van der Waals surface area contributed by atoms with Crippen LogP contribution in [0.4, 0.5) is 0 Å². The third kappa shape index (κ3) is 12.3. The quantitative estimate of drug-likeness (QED) is 0.384. The molecule has 0 atom stereocenters. The molecule has 0 amide bonds. The summed E-state index contributed by atoms with van der Waals surface area (Å²) in [6, 6.07) is 4.31. The lowest BCUT2D eigenvalue weighted by atomic mass is 10.1. The van der Waals surface area contributed by atoms with Gasteiger partial charge in [-0.1, -0.05) is 71.6 Å². The van der Waals surface area contributed by atoms with Crippen molar-refractivity contribution in [1.29, 1.82) is 0 Å². The molecule has 1 heterocycles. The SMILES string of the molecule is CCCCCCCCCn1ccc(=NCCCCCC)cc1.Cl. The summed E-state index contributed by atoms with van der Waals surface area (Å²) in [4.78, 5) is 4.64. The van der Waals surface area contributed by atoms with Crippen LogP contribution in [0.5, 0.6) is 0 Å². The van der Waals surface area contributed by atoms with E-state index in [4.69, 9.17) is 0 Å². The second-order valence-electron chi connectivity index (χ2n) is 6.36. The molecule has 134 valence electrons. The summed E-state index contributed by atoms with van der Waals surface area (Å²) in [7, 11) is 0. The van der Waals surface area contributed by atoms with Crippen molar-refractivity contribution in [2.24, 2.45) is 4.99 Å². The van der Waals surface area contributed by atoms with Crippen molar-refractivity contribution in [2.75, 3.05) is 6.54 Å². The van der Waals surface area contributed by atoms with Crippen molar-refractivity contribution in [3.8, 4) is 0 Å². The summed E-state index contributed by atoms with van der Waals surface area (Å²) in [5.74, 6) is 0. The molecule has 0 aliphatic carbocycles. The molecule has 23 heavy (non-hydrogen) atoms. The number of halogens is 1. The van der Waals surface area contributed by atoms with Crippen LogP contribution in [0.2, 0.25) is 0 Å². The van der Waals surface area contributed by atoms with Crippen molar-refractivity contribution in [1.82, 2.24) is 4.57 Å². The molecule has 1 aromatic rings. The van der Waals surface area contributed by atoms with E-state index in [2.05, 4.69) is 47.9 Å². The van der Waals surface area contributed by atoms with E-state index in [1.54, 1.807) is 0 Å². The van der Waals surface area contributed by atoms with Gasteiger partial charge >= 0.3 is 0 Å². The fraction of sp³-hybridized carbons (Fsp3) is 0.750. The van der Waals surface area contributed by atoms with Crippen LogP contribution in [0.3, 0.4) is 0 Å². The van der Waals surface area contributed by atoms with Gasteiger partial charge in [0.05, 0.1) is 5.36 Å². The number of hydrogen-bond acceptors (Lipinski definition) is 1. The molecular weight excluding hydrogens is 304 g/mol. The highest BCUT2D eigenvalue weighted by molar-refractivity contribution is 5.85. The van der Waals surface area contributed by atoms with E-state index in [1.165, 1.54) is 70.6 Å². The average Bonchev–Trinajstić information content (AvgIpc) is 2.55. The summed E-state index contributed by atoms with van der Waals surface area (Å²) >= 11 is 0. The molecule has 3 heteroatoms. The minimum atomic E-state index is 0. The van der Waals surface area contributed by atoms with Crippen molar-refractivity contribution in [3.05, 3.63) is 29.9 Å². The van der Waals surface area contributed by atoms with E-state index in [0.717, 1.165) is 18.4 Å². The van der Waals surface area contributed by atoms with Crippen LogP contribution >= 0.6 is 12.4 Å². The lowest BCUT2D eigenvalue weighted by Crippen LogP contribution is -2.06. The Labute approximate surface area is 149 Å². The van der Waals surface area contributed by atoms with Crippen LogP contribution in [0.15, 0.2) is 29.5 Å². The number of rotatable bonds is 13. The van der Waals surface area contributed by atoms with Gasteiger partial charge in [-0.3, -0.25) is 4.99 Å². The molecule has 0 unspecified atom stereocenters. The normalized spacial score (nSPS) is 10.3. The highest BCUT2D eigenvalue weighted by Gasteiger charge is 1.92. The first-order valence-corrected chi connectivity index (χ1v) is 9.53. The number of unbranched alkanes of at least 4 members (excludes halogenated alkanes) is 9. The van der Waals surface area contributed by atoms with Crippen molar-refractivity contribution >= 4 is 12.4 Å². The van der Waals surface area contributed by atoms with Gasteiger partial charge in [0.1, 0.15) is 0 Å². The van der Waals surface area contributed by atoms with Crippen LogP contribution in [0, 0.1) is 0 Å². The molecule has 0 saturated heterocycles. The number of nitrogens with zero attached hydrogens (tertiary/aromatic N) is 2. The maximum absolute atomic E-state index is 4.64. The van der Waals surface area contributed by atoms with Gasteiger partial charge in [-0.05, 0) is 25.0 Å². The fourth-order valence-corrected chi connectivity index (χ4v) is 2.70. The molecule has 0 N–H and O–H groups in total. The third-order valence-corrected chi connectivity index (χ3v) is 4.20. The first-order chi connectivity index (χ1) is 10.9. The van der Waals surface area contributed by atoms with Crippen LogP contribution in [-0.2, 0) is 6.54 Å². The Hall–Kier alpha value is -0.760. The van der Waals surface area contributed by atoms with Gasteiger partial charge in [0.25, 0.3) is 0 Å². The topological polar surface area (TPSA) is 17.3 Å². The largest absolute Gasteiger partial charge is 0.354 e. The number of pyridine rings is 1. The molecule has 0 spiro atoms. The van der Waals surface area contributed by atoms with E-state index in [9.17, 15) is 0 Å². The number of hydrogen-bond donors (Lipinski definition) is 0. The van der Waals surface area contributed by atoms with Crippen LogP contribution in [0.25, 0.3) is 0 Å². The average molecular weight is 341 g/mol. The number of aromatic nitrogens is 1. The number of aryl methyl sites for hydroxylation is 1. The Balaban J connectivity index is 0.00000484. The van der Waals surface area contributed by atoms with Crippen molar-refractivity contribution in [3.63, 3.8) is 0 Å². The zero-order valence-electron chi connectivity index (χ0n) is 15.3. The van der Waals surface area contributed by atoms with E-state index < -0.39 is 0 Å². The predicted molar refractivity (Wildman–Crippen MR) is 104 cm³/mol. The maximum Gasteiger partial charge on any atom is 0.0603 e. The molecular formula is C20H37ClN2. The Bertz CT molecular complexity index is 405. The summed E-state index contributed by atoms with van der Waals surface area (Å²) in [6.45, 7) is 6.64. The zero-order chi connectivity index (χ0) is 15.9. The molecule has 1 rings (SSSR count). The molecule has 0 aliphatic heterocycles. The highest BCUT2D eigenvalue weighted by atomic mass is 35.5. The monoisotopic (exact) mass is 340 g/mol. The Morgan fingerprint density at radius 2 is 1.26 bits per heavy atom. The molecule has 0 radical (unpaired) electrons. The van der Waals surface area contributed by atoms with E-state index in [1.807, 2.05) is 0 Å². The van der Waals surface area contributed by atoms with Crippen LogP contribution in [-0.4, -0.2) is 11.1 Å². The van der Waals surface area contributed by atoms with Gasteiger partial charge < -0.3 is 4.57 Å². The molecule has 0 saturated carbocycles. The molecule has 0 bridgehead atoms. The second kappa shape index (κ2) is 16.1. The molecule has 0 fully saturated rings. The van der Waals surface area contributed by atoms with Crippen molar-refractivity contribution in [2.45, 2.75) is 91.0 Å². The fourth-order valence-electron chi connectivity index (χ4n) is 2.70. The van der Waals surface area contributed by atoms with Gasteiger partial charge in [-0.2, -0.15) is 0 Å². The Morgan fingerprint density at radius 3 is 1.87 bits per heavy atom. The first-order valence-electron chi connectivity index (χ1n) is 9.53. The third-order valence-electron chi connectivity index (χ3n) is 4.20. The maximum atomic E-state index is 4.64. The molecule has 1 aromatic heterocycles. The lowest BCUT2D eigenvalue weighted by molar-refractivity contribution is 0.548.